The van der Waals surface area contributed by atoms with E-state index < -0.39 is 21.4 Å². The maximum absolute atomic E-state index is 13.1. The monoisotopic (exact) mass is 309 g/mol. The molecule has 0 heterocycles. The summed E-state index contributed by atoms with van der Waals surface area (Å²) in [4.78, 5) is -0.0886. The van der Waals surface area contributed by atoms with Gasteiger partial charge in [0.15, 0.2) is 0 Å². The van der Waals surface area contributed by atoms with Gasteiger partial charge in [-0.25, -0.2) is 17.5 Å². The van der Waals surface area contributed by atoms with Gasteiger partial charge < -0.3 is 0 Å². The lowest BCUT2D eigenvalue weighted by Crippen LogP contribution is -2.40. The minimum absolute atomic E-state index is 0.0886. The third kappa shape index (κ3) is 3.84. The Morgan fingerprint density at radius 3 is 2.25 bits per heavy atom. The first kappa shape index (κ1) is 13.6. The van der Waals surface area contributed by atoms with Gasteiger partial charge in [0, 0.05) is 10.0 Å². The fraction of sp³-hybridized carbons (Fsp3) is 0.400. The summed E-state index contributed by atoms with van der Waals surface area (Å²) in [5.74, 6) is -0.594. The average Bonchev–Trinajstić information content (AvgIpc) is 1.96. The van der Waals surface area contributed by atoms with E-state index in [9.17, 15) is 12.8 Å². The summed E-state index contributed by atoms with van der Waals surface area (Å²) in [6.45, 7) is 5.16. The van der Waals surface area contributed by atoms with Gasteiger partial charge in [-0.2, -0.15) is 0 Å². The summed E-state index contributed by atoms with van der Waals surface area (Å²) in [7, 11) is -3.68. The number of hydrogen-bond donors (Lipinski definition) is 1. The van der Waals surface area contributed by atoms with Crippen molar-refractivity contribution in [2.75, 3.05) is 0 Å². The predicted octanol–water partition coefficient (Wildman–Crippen LogP) is 2.67. The van der Waals surface area contributed by atoms with Gasteiger partial charge in [-0.05, 0) is 39.0 Å². The van der Waals surface area contributed by atoms with Gasteiger partial charge in [0.2, 0.25) is 10.0 Å². The fourth-order valence-electron chi connectivity index (χ4n) is 1.15. The van der Waals surface area contributed by atoms with Crippen molar-refractivity contribution < 1.29 is 12.8 Å². The van der Waals surface area contributed by atoms with Crippen LogP contribution in [0.4, 0.5) is 4.39 Å². The lowest BCUT2D eigenvalue weighted by molar-refractivity contribution is 0.491. The first-order valence-corrected chi connectivity index (χ1v) is 6.88. The van der Waals surface area contributed by atoms with Crippen molar-refractivity contribution in [1.82, 2.24) is 4.72 Å². The SMILES string of the molecule is CC(C)(C)NS(=O)(=O)c1cc(F)cc(Br)c1. The molecule has 0 aliphatic heterocycles. The van der Waals surface area contributed by atoms with E-state index >= 15 is 0 Å². The van der Waals surface area contributed by atoms with Gasteiger partial charge in [-0.15, -0.1) is 0 Å². The minimum atomic E-state index is -3.68. The smallest absolute Gasteiger partial charge is 0.207 e. The Balaban J connectivity index is 3.18. The van der Waals surface area contributed by atoms with E-state index in [1.165, 1.54) is 12.1 Å². The molecule has 0 aliphatic carbocycles. The van der Waals surface area contributed by atoms with Crippen LogP contribution in [0.2, 0.25) is 0 Å². The summed E-state index contributed by atoms with van der Waals surface area (Å²) in [5.41, 5.74) is -0.600. The Hall–Kier alpha value is -0.460. The molecule has 0 bridgehead atoms. The van der Waals surface area contributed by atoms with E-state index in [-0.39, 0.29) is 4.90 Å². The Kier molecular flexibility index (Phi) is 3.76. The van der Waals surface area contributed by atoms with Crippen LogP contribution >= 0.6 is 15.9 Å². The molecule has 6 heteroatoms. The number of sulfonamides is 1. The normalized spacial score (nSPS) is 12.8. The van der Waals surface area contributed by atoms with E-state index in [4.69, 9.17) is 0 Å². The van der Waals surface area contributed by atoms with Crippen molar-refractivity contribution in [1.29, 1.82) is 0 Å². The fourth-order valence-corrected chi connectivity index (χ4v) is 3.24. The molecule has 0 atom stereocenters. The molecule has 0 aromatic heterocycles. The van der Waals surface area contributed by atoms with Crippen LogP contribution in [0.15, 0.2) is 27.6 Å². The lowest BCUT2D eigenvalue weighted by atomic mass is 10.1. The number of benzene rings is 1. The second-order valence-electron chi connectivity index (χ2n) is 4.46. The second-order valence-corrected chi connectivity index (χ2v) is 7.06. The van der Waals surface area contributed by atoms with Gasteiger partial charge in [0.05, 0.1) is 4.90 Å². The molecule has 1 aromatic rings. The molecular weight excluding hydrogens is 297 g/mol. The van der Waals surface area contributed by atoms with E-state index in [1.807, 2.05) is 0 Å². The van der Waals surface area contributed by atoms with E-state index in [2.05, 4.69) is 20.7 Å². The molecule has 0 spiro atoms. The topological polar surface area (TPSA) is 46.2 Å². The maximum Gasteiger partial charge on any atom is 0.241 e. The van der Waals surface area contributed by atoms with Gasteiger partial charge in [-0.3, -0.25) is 0 Å². The third-order valence-corrected chi connectivity index (χ3v) is 3.78. The molecule has 0 amide bonds. The highest BCUT2D eigenvalue weighted by molar-refractivity contribution is 9.10. The Bertz CT molecular complexity index is 474. The van der Waals surface area contributed by atoms with Crippen LogP contribution in [-0.4, -0.2) is 14.0 Å². The Morgan fingerprint density at radius 2 is 1.81 bits per heavy atom. The van der Waals surface area contributed by atoms with E-state index in [1.54, 1.807) is 20.8 Å². The number of nitrogens with one attached hydrogen (secondary N) is 1. The van der Waals surface area contributed by atoms with Crippen molar-refractivity contribution in [3.63, 3.8) is 0 Å². The van der Waals surface area contributed by atoms with Crippen LogP contribution in [0.1, 0.15) is 20.8 Å². The van der Waals surface area contributed by atoms with Crippen LogP contribution in [0.5, 0.6) is 0 Å². The first-order chi connectivity index (χ1) is 7.10. The zero-order valence-electron chi connectivity index (χ0n) is 9.21. The zero-order valence-corrected chi connectivity index (χ0v) is 11.6. The van der Waals surface area contributed by atoms with Crippen LogP contribution in [0, 0.1) is 5.82 Å². The highest BCUT2D eigenvalue weighted by Crippen LogP contribution is 2.19. The van der Waals surface area contributed by atoms with Crippen molar-refractivity contribution in [3.05, 3.63) is 28.5 Å². The lowest BCUT2D eigenvalue weighted by Gasteiger charge is -2.20. The van der Waals surface area contributed by atoms with E-state index in [0.717, 1.165) is 6.07 Å². The molecule has 1 aromatic carbocycles. The second kappa shape index (κ2) is 4.43. The third-order valence-electron chi connectivity index (χ3n) is 1.59. The Labute approximate surface area is 103 Å². The standard InChI is InChI=1S/C10H13BrFNO2S/c1-10(2,3)13-16(14,15)9-5-7(11)4-8(12)6-9/h4-6,13H,1-3H3. The van der Waals surface area contributed by atoms with Crippen LogP contribution in [0.3, 0.4) is 0 Å². The molecule has 0 unspecified atom stereocenters. The van der Waals surface area contributed by atoms with Crippen LogP contribution < -0.4 is 4.72 Å². The Morgan fingerprint density at radius 1 is 1.25 bits per heavy atom. The van der Waals surface area contributed by atoms with E-state index in [0.29, 0.717) is 4.47 Å². The van der Waals surface area contributed by atoms with Crippen LogP contribution in [0.25, 0.3) is 0 Å². The van der Waals surface area contributed by atoms with Crippen molar-refractivity contribution in [2.45, 2.75) is 31.2 Å². The highest BCUT2D eigenvalue weighted by atomic mass is 79.9. The number of hydrogen-bond acceptors (Lipinski definition) is 2. The number of rotatable bonds is 2. The molecule has 90 valence electrons. The summed E-state index contributed by atoms with van der Waals surface area (Å²) in [6.07, 6.45) is 0. The molecule has 0 radical (unpaired) electrons. The summed E-state index contributed by atoms with van der Waals surface area (Å²) in [5, 5.41) is 0. The average molecular weight is 310 g/mol. The predicted molar refractivity (Wildman–Crippen MR) is 64.2 cm³/mol. The summed E-state index contributed by atoms with van der Waals surface area (Å²) < 4.78 is 39.6. The maximum atomic E-state index is 13.1. The molecule has 1 N–H and O–H groups in total. The largest absolute Gasteiger partial charge is 0.241 e. The van der Waals surface area contributed by atoms with Crippen LogP contribution in [-0.2, 0) is 10.0 Å². The minimum Gasteiger partial charge on any atom is -0.207 e. The molecular formula is C10H13BrFNO2S. The molecule has 0 saturated heterocycles. The quantitative estimate of drug-likeness (QED) is 0.913. The number of halogens is 2. The molecule has 0 saturated carbocycles. The van der Waals surface area contributed by atoms with Crippen molar-refractivity contribution in [3.8, 4) is 0 Å². The van der Waals surface area contributed by atoms with Crippen molar-refractivity contribution in [2.24, 2.45) is 0 Å². The molecule has 3 nitrogen and oxygen atoms in total. The summed E-state index contributed by atoms with van der Waals surface area (Å²) in [6, 6.07) is 3.55. The summed E-state index contributed by atoms with van der Waals surface area (Å²) >= 11 is 3.05. The first-order valence-electron chi connectivity index (χ1n) is 4.60. The molecule has 16 heavy (non-hydrogen) atoms. The molecule has 0 fully saturated rings. The highest BCUT2D eigenvalue weighted by Gasteiger charge is 2.22. The van der Waals surface area contributed by atoms with Gasteiger partial charge in [0.25, 0.3) is 0 Å². The molecule has 0 aliphatic rings. The zero-order chi connectivity index (χ0) is 12.6. The van der Waals surface area contributed by atoms with Gasteiger partial charge in [0.1, 0.15) is 5.82 Å². The van der Waals surface area contributed by atoms with Gasteiger partial charge in [-0.1, -0.05) is 15.9 Å². The molecule has 1 rings (SSSR count). The van der Waals surface area contributed by atoms with Gasteiger partial charge >= 0.3 is 0 Å². The van der Waals surface area contributed by atoms with Crippen molar-refractivity contribution >= 4 is 26.0 Å².